The van der Waals surface area contributed by atoms with Crippen LogP contribution in [0, 0.1) is 0 Å². The first-order valence-corrected chi connectivity index (χ1v) is 9.44. The maximum absolute atomic E-state index is 12.7. The lowest BCUT2D eigenvalue weighted by Gasteiger charge is -2.18. The second-order valence-electron chi connectivity index (χ2n) is 6.29. The Labute approximate surface area is 170 Å². The smallest absolute Gasteiger partial charge is 0.254 e. The zero-order valence-corrected chi connectivity index (χ0v) is 17.1. The number of ether oxygens (including phenoxy) is 2. The van der Waals surface area contributed by atoms with Gasteiger partial charge in [0.1, 0.15) is 0 Å². The van der Waals surface area contributed by atoms with Crippen LogP contribution in [0.25, 0.3) is 0 Å². The van der Waals surface area contributed by atoms with E-state index >= 15 is 0 Å². The standard InChI is InChI=1S/C21H25ClN2O4/c1-4-5-11-28-18-10-9-15(12-19(18)27-3)21(26)24(2)14-20(25)23-17-8-6-7-16(22)13-17/h6-10,12-13H,4-5,11,14H2,1-3H3,(H,23,25). The van der Waals surface area contributed by atoms with Crippen LogP contribution in [0.1, 0.15) is 30.1 Å². The Morgan fingerprint density at radius 2 is 1.93 bits per heavy atom. The van der Waals surface area contributed by atoms with Crippen molar-refractivity contribution in [2.24, 2.45) is 0 Å². The molecule has 2 aromatic carbocycles. The number of anilines is 1. The zero-order valence-electron chi connectivity index (χ0n) is 16.3. The van der Waals surface area contributed by atoms with E-state index in [2.05, 4.69) is 12.2 Å². The Balaban J connectivity index is 2.00. The summed E-state index contributed by atoms with van der Waals surface area (Å²) in [6, 6.07) is 11.8. The number of methoxy groups -OCH3 is 1. The molecular formula is C21H25ClN2O4. The number of carbonyl (C=O) groups excluding carboxylic acids is 2. The van der Waals surface area contributed by atoms with Crippen molar-refractivity contribution in [3.63, 3.8) is 0 Å². The molecule has 28 heavy (non-hydrogen) atoms. The van der Waals surface area contributed by atoms with Crippen LogP contribution in [-0.4, -0.2) is 44.0 Å². The van der Waals surface area contributed by atoms with Gasteiger partial charge in [0.15, 0.2) is 11.5 Å². The molecule has 0 aromatic heterocycles. The summed E-state index contributed by atoms with van der Waals surface area (Å²) < 4.78 is 11.0. The molecule has 1 N–H and O–H groups in total. The van der Waals surface area contributed by atoms with Gasteiger partial charge in [-0.3, -0.25) is 9.59 Å². The third-order valence-electron chi connectivity index (χ3n) is 4.00. The highest BCUT2D eigenvalue weighted by molar-refractivity contribution is 6.30. The minimum absolute atomic E-state index is 0.0948. The lowest BCUT2D eigenvalue weighted by atomic mass is 10.1. The molecule has 0 heterocycles. The second kappa shape index (κ2) is 10.6. The Morgan fingerprint density at radius 1 is 1.14 bits per heavy atom. The van der Waals surface area contributed by atoms with Crippen molar-refractivity contribution in [1.29, 1.82) is 0 Å². The predicted molar refractivity (Wildman–Crippen MR) is 110 cm³/mol. The Kier molecular flexibility index (Phi) is 8.14. The zero-order chi connectivity index (χ0) is 20.5. The van der Waals surface area contributed by atoms with E-state index in [9.17, 15) is 9.59 Å². The quantitative estimate of drug-likeness (QED) is 0.635. The molecule has 0 unspecified atom stereocenters. The van der Waals surface area contributed by atoms with E-state index in [1.54, 1.807) is 49.5 Å². The molecule has 0 bridgehead atoms. The molecule has 6 nitrogen and oxygen atoms in total. The highest BCUT2D eigenvalue weighted by Crippen LogP contribution is 2.28. The number of hydrogen-bond acceptors (Lipinski definition) is 4. The number of benzene rings is 2. The molecule has 0 saturated heterocycles. The molecule has 2 aromatic rings. The van der Waals surface area contributed by atoms with Gasteiger partial charge in [-0.2, -0.15) is 0 Å². The van der Waals surface area contributed by atoms with E-state index in [4.69, 9.17) is 21.1 Å². The molecule has 0 aliphatic carbocycles. The van der Waals surface area contributed by atoms with Gasteiger partial charge in [0.05, 0.1) is 20.3 Å². The summed E-state index contributed by atoms with van der Waals surface area (Å²) in [4.78, 5) is 26.2. The number of unbranched alkanes of at least 4 members (excludes halogenated alkanes) is 1. The fourth-order valence-corrected chi connectivity index (χ4v) is 2.71. The molecule has 150 valence electrons. The van der Waals surface area contributed by atoms with Crippen LogP contribution in [0.2, 0.25) is 5.02 Å². The molecular weight excluding hydrogens is 380 g/mol. The Morgan fingerprint density at radius 3 is 2.61 bits per heavy atom. The molecule has 2 rings (SSSR count). The maximum Gasteiger partial charge on any atom is 0.254 e. The summed E-state index contributed by atoms with van der Waals surface area (Å²) in [6.07, 6.45) is 1.97. The summed E-state index contributed by atoms with van der Waals surface area (Å²) in [6.45, 7) is 2.58. The van der Waals surface area contributed by atoms with Crippen molar-refractivity contribution >= 4 is 29.1 Å². The van der Waals surface area contributed by atoms with Crippen molar-refractivity contribution in [3.8, 4) is 11.5 Å². The number of hydrogen-bond donors (Lipinski definition) is 1. The van der Waals surface area contributed by atoms with E-state index in [-0.39, 0.29) is 18.4 Å². The summed E-state index contributed by atoms with van der Waals surface area (Å²) in [5.41, 5.74) is 0.992. The van der Waals surface area contributed by atoms with Crippen LogP contribution in [0.4, 0.5) is 5.69 Å². The van der Waals surface area contributed by atoms with Crippen molar-refractivity contribution in [3.05, 3.63) is 53.1 Å². The van der Waals surface area contributed by atoms with E-state index in [0.29, 0.717) is 34.4 Å². The summed E-state index contributed by atoms with van der Waals surface area (Å²) in [5.74, 6) is 0.469. The molecule has 0 aliphatic rings. The van der Waals surface area contributed by atoms with Gasteiger partial charge in [0, 0.05) is 23.3 Å². The van der Waals surface area contributed by atoms with Crippen molar-refractivity contribution in [2.45, 2.75) is 19.8 Å². The molecule has 7 heteroatoms. The van der Waals surface area contributed by atoms with Crippen molar-refractivity contribution < 1.29 is 19.1 Å². The first-order chi connectivity index (χ1) is 13.4. The van der Waals surface area contributed by atoms with Gasteiger partial charge in [-0.05, 0) is 42.8 Å². The van der Waals surface area contributed by atoms with Crippen LogP contribution >= 0.6 is 11.6 Å². The molecule has 0 atom stereocenters. The molecule has 0 aliphatic heterocycles. The monoisotopic (exact) mass is 404 g/mol. The summed E-state index contributed by atoms with van der Waals surface area (Å²) >= 11 is 5.91. The number of halogens is 1. The Bertz CT molecular complexity index is 826. The van der Waals surface area contributed by atoms with Crippen LogP contribution in [-0.2, 0) is 4.79 Å². The molecule has 0 spiro atoms. The van der Waals surface area contributed by atoms with Gasteiger partial charge < -0.3 is 19.7 Å². The Hall–Kier alpha value is -2.73. The number of nitrogens with zero attached hydrogens (tertiary/aromatic N) is 1. The third kappa shape index (κ3) is 6.16. The normalized spacial score (nSPS) is 10.3. The van der Waals surface area contributed by atoms with E-state index in [1.807, 2.05) is 0 Å². The predicted octanol–water partition coefficient (Wildman–Crippen LogP) is 4.24. The minimum atomic E-state index is -0.315. The summed E-state index contributed by atoms with van der Waals surface area (Å²) in [5, 5.41) is 3.24. The summed E-state index contributed by atoms with van der Waals surface area (Å²) in [7, 11) is 3.09. The van der Waals surface area contributed by atoms with Gasteiger partial charge in [-0.1, -0.05) is 31.0 Å². The number of rotatable bonds is 9. The highest BCUT2D eigenvalue weighted by atomic mass is 35.5. The van der Waals surface area contributed by atoms with E-state index in [0.717, 1.165) is 12.8 Å². The van der Waals surface area contributed by atoms with Gasteiger partial charge in [0.2, 0.25) is 5.91 Å². The average Bonchev–Trinajstić information content (AvgIpc) is 2.67. The van der Waals surface area contributed by atoms with Gasteiger partial charge in [-0.25, -0.2) is 0 Å². The van der Waals surface area contributed by atoms with Gasteiger partial charge in [0.25, 0.3) is 5.91 Å². The van der Waals surface area contributed by atoms with Gasteiger partial charge >= 0.3 is 0 Å². The fourth-order valence-electron chi connectivity index (χ4n) is 2.52. The van der Waals surface area contributed by atoms with Crippen LogP contribution in [0.3, 0.4) is 0 Å². The van der Waals surface area contributed by atoms with Crippen LogP contribution in [0.15, 0.2) is 42.5 Å². The average molecular weight is 405 g/mol. The second-order valence-corrected chi connectivity index (χ2v) is 6.72. The SMILES string of the molecule is CCCCOc1ccc(C(=O)N(C)CC(=O)Nc2cccc(Cl)c2)cc1OC. The fraction of sp³-hybridized carbons (Fsp3) is 0.333. The van der Waals surface area contributed by atoms with E-state index < -0.39 is 0 Å². The number of likely N-dealkylation sites (N-methyl/N-ethyl adjacent to an activating group) is 1. The minimum Gasteiger partial charge on any atom is -0.493 e. The highest BCUT2D eigenvalue weighted by Gasteiger charge is 2.17. The topological polar surface area (TPSA) is 67.9 Å². The first-order valence-electron chi connectivity index (χ1n) is 9.06. The van der Waals surface area contributed by atoms with Crippen LogP contribution in [0.5, 0.6) is 11.5 Å². The number of nitrogens with one attached hydrogen (secondary N) is 1. The largest absolute Gasteiger partial charge is 0.493 e. The van der Waals surface area contributed by atoms with Crippen LogP contribution < -0.4 is 14.8 Å². The molecule has 2 amide bonds. The van der Waals surface area contributed by atoms with Gasteiger partial charge in [-0.15, -0.1) is 0 Å². The lowest BCUT2D eigenvalue weighted by molar-refractivity contribution is -0.116. The van der Waals surface area contributed by atoms with E-state index in [1.165, 1.54) is 12.0 Å². The van der Waals surface area contributed by atoms with Crippen molar-refractivity contribution in [2.75, 3.05) is 32.6 Å². The number of amides is 2. The first kappa shape index (κ1) is 21.6. The van der Waals surface area contributed by atoms with Crippen molar-refractivity contribution in [1.82, 2.24) is 4.90 Å². The molecule has 0 fully saturated rings. The lowest BCUT2D eigenvalue weighted by Crippen LogP contribution is -2.34. The third-order valence-corrected chi connectivity index (χ3v) is 4.24. The number of carbonyl (C=O) groups is 2. The molecule has 0 radical (unpaired) electrons. The molecule has 0 saturated carbocycles. The maximum atomic E-state index is 12.7.